The SMILES string of the molecule is CC(O)C(=O)C1CCOCC1. The van der Waals surface area contributed by atoms with Gasteiger partial charge in [0.25, 0.3) is 0 Å². The summed E-state index contributed by atoms with van der Waals surface area (Å²) in [6.45, 7) is 2.84. The molecule has 0 spiro atoms. The summed E-state index contributed by atoms with van der Waals surface area (Å²) in [6, 6.07) is 0. The summed E-state index contributed by atoms with van der Waals surface area (Å²) >= 11 is 0. The highest BCUT2D eigenvalue weighted by molar-refractivity contribution is 5.84. The molecule has 1 heterocycles. The molecule has 0 amide bonds. The predicted octanol–water partition coefficient (Wildman–Crippen LogP) is 0.363. The molecule has 0 aromatic rings. The molecule has 1 saturated heterocycles. The molecular weight excluding hydrogens is 144 g/mol. The van der Waals surface area contributed by atoms with Gasteiger partial charge in [-0.1, -0.05) is 0 Å². The van der Waals surface area contributed by atoms with Crippen molar-refractivity contribution < 1.29 is 14.6 Å². The first-order chi connectivity index (χ1) is 5.22. The van der Waals surface area contributed by atoms with E-state index in [0.29, 0.717) is 13.2 Å². The lowest BCUT2D eigenvalue weighted by Gasteiger charge is -2.21. The van der Waals surface area contributed by atoms with Gasteiger partial charge >= 0.3 is 0 Å². The number of ketones is 1. The number of carbonyl (C=O) groups excluding carboxylic acids is 1. The third-order valence-electron chi connectivity index (χ3n) is 2.04. The molecule has 0 aromatic heterocycles. The van der Waals surface area contributed by atoms with Crippen molar-refractivity contribution in [1.82, 2.24) is 0 Å². The molecule has 11 heavy (non-hydrogen) atoms. The van der Waals surface area contributed by atoms with Gasteiger partial charge in [0.2, 0.25) is 0 Å². The van der Waals surface area contributed by atoms with E-state index in [1.807, 2.05) is 0 Å². The highest BCUT2D eigenvalue weighted by atomic mass is 16.5. The molecule has 1 unspecified atom stereocenters. The van der Waals surface area contributed by atoms with Gasteiger partial charge in [0.15, 0.2) is 5.78 Å². The zero-order valence-corrected chi connectivity index (χ0v) is 6.75. The van der Waals surface area contributed by atoms with Crippen LogP contribution in [0, 0.1) is 5.92 Å². The van der Waals surface area contributed by atoms with Crippen LogP contribution in [0.15, 0.2) is 0 Å². The van der Waals surface area contributed by atoms with E-state index in [9.17, 15) is 4.79 Å². The van der Waals surface area contributed by atoms with Gasteiger partial charge in [-0.05, 0) is 19.8 Å². The van der Waals surface area contributed by atoms with Crippen molar-refractivity contribution >= 4 is 5.78 Å². The maximum Gasteiger partial charge on any atom is 0.164 e. The van der Waals surface area contributed by atoms with E-state index in [-0.39, 0.29) is 11.7 Å². The summed E-state index contributed by atoms with van der Waals surface area (Å²) in [5.74, 6) is -0.00273. The number of carbonyl (C=O) groups is 1. The lowest BCUT2D eigenvalue weighted by molar-refractivity contribution is -0.133. The van der Waals surface area contributed by atoms with Gasteiger partial charge in [0.1, 0.15) is 6.10 Å². The van der Waals surface area contributed by atoms with Crippen molar-refractivity contribution in [3.63, 3.8) is 0 Å². The molecule has 3 heteroatoms. The Balaban J connectivity index is 2.39. The molecule has 0 radical (unpaired) electrons. The molecule has 1 N–H and O–H groups in total. The van der Waals surface area contributed by atoms with Crippen LogP contribution in [0.4, 0.5) is 0 Å². The standard InChI is InChI=1S/C8H14O3/c1-6(9)8(10)7-2-4-11-5-3-7/h6-7,9H,2-5H2,1H3. The van der Waals surface area contributed by atoms with Crippen LogP contribution in [0.2, 0.25) is 0 Å². The van der Waals surface area contributed by atoms with Crippen molar-refractivity contribution in [2.75, 3.05) is 13.2 Å². The Morgan fingerprint density at radius 1 is 1.55 bits per heavy atom. The van der Waals surface area contributed by atoms with Crippen LogP contribution in [-0.4, -0.2) is 30.2 Å². The van der Waals surface area contributed by atoms with E-state index in [1.54, 1.807) is 0 Å². The van der Waals surface area contributed by atoms with Crippen LogP contribution in [0.1, 0.15) is 19.8 Å². The lowest BCUT2D eigenvalue weighted by Crippen LogP contribution is -2.30. The van der Waals surface area contributed by atoms with Crippen molar-refractivity contribution in [3.05, 3.63) is 0 Å². The van der Waals surface area contributed by atoms with E-state index in [2.05, 4.69) is 0 Å². The zero-order chi connectivity index (χ0) is 8.27. The fourth-order valence-corrected chi connectivity index (χ4v) is 1.32. The second-order valence-corrected chi connectivity index (χ2v) is 2.96. The zero-order valence-electron chi connectivity index (χ0n) is 6.75. The maximum absolute atomic E-state index is 11.2. The predicted molar refractivity (Wildman–Crippen MR) is 40.2 cm³/mol. The summed E-state index contributed by atoms with van der Waals surface area (Å²) < 4.78 is 5.10. The van der Waals surface area contributed by atoms with Gasteiger partial charge in [-0.15, -0.1) is 0 Å². The first-order valence-electron chi connectivity index (χ1n) is 4.01. The van der Waals surface area contributed by atoms with Crippen LogP contribution < -0.4 is 0 Å². The Morgan fingerprint density at radius 3 is 2.55 bits per heavy atom. The Bertz CT molecular complexity index is 136. The van der Waals surface area contributed by atoms with Crippen molar-refractivity contribution in [2.24, 2.45) is 5.92 Å². The third kappa shape index (κ3) is 2.27. The molecule has 0 bridgehead atoms. The number of ether oxygens (including phenoxy) is 1. The van der Waals surface area contributed by atoms with Crippen LogP contribution in [0.25, 0.3) is 0 Å². The number of aliphatic hydroxyl groups is 1. The Morgan fingerprint density at radius 2 is 2.09 bits per heavy atom. The van der Waals surface area contributed by atoms with Crippen molar-refractivity contribution in [1.29, 1.82) is 0 Å². The minimum Gasteiger partial charge on any atom is -0.386 e. The quantitative estimate of drug-likeness (QED) is 0.631. The van der Waals surface area contributed by atoms with Crippen LogP contribution in [0.5, 0.6) is 0 Å². The Kier molecular flexibility index (Phi) is 3.02. The van der Waals surface area contributed by atoms with Gasteiger partial charge in [-0.25, -0.2) is 0 Å². The molecule has 1 atom stereocenters. The lowest BCUT2D eigenvalue weighted by atomic mass is 9.93. The normalized spacial score (nSPS) is 23.1. The monoisotopic (exact) mass is 158 g/mol. The van der Waals surface area contributed by atoms with Crippen LogP contribution in [0.3, 0.4) is 0 Å². The van der Waals surface area contributed by atoms with Crippen molar-refractivity contribution in [3.8, 4) is 0 Å². The van der Waals surface area contributed by atoms with Gasteiger partial charge in [0, 0.05) is 19.1 Å². The molecule has 64 valence electrons. The van der Waals surface area contributed by atoms with Gasteiger partial charge in [0.05, 0.1) is 0 Å². The largest absolute Gasteiger partial charge is 0.386 e. The van der Waals surface area contributed by atoms with Gasteiger partial charge < -0.3 is 9.84 Å². The molecule has 0 aromatic carbocycles. The van der Waals surface area contributed by atoms with Crippen molar-refractivity contribution in [2.45, 2.75) is 25.9 Å². The fraction of sp³-hybridized carbons (Fsp3) is 0.875. The summed E-state index contributed by atoms with van der Waals surface area (Å²) in [5.41, 5.74) is 0. The number of hydrogen-bond acceptors (Lipinski definition) is 3. The maximum atomic E-state index is 11.2. The Hall–Kier alpha value is -0.410. The second kappa shape index (κ2) is 3.83. The number of hydrogen-bond donors (Lipinski definition) is 1. The van der Waals surface area contributed by atoms with E-state index in [1.165, 1.54) is 6.92 Å². The van der Waals surface area contributed by atoms with E-state index < -0.39 is 6.10 Å². The fourth-order valence-electron chi connectivity index (χ4n) is 1.32. The van der Waals surface area contributed by atoms with Gasteiger partial charge in [-0.3, -0.25) is 4.79 Å². The minimum atomic E-state index is -0.807. The molecular formula is C8H14O3. The third-order valence-corrected chi connectivity index (χ3v) is 2.04. The highest BCUT2D eigenvalue weighted by Gasteiger charge is 2.24. The number of aliphatic hydroxyl groups excluding tert-OH is 1. The first-order valence-corrected chi connectivity index (χ1v) is 4.01. The molecule has 1 rings (SSSR count). The van der Waals surface area contributed by atoms with E-state index in [0.717, 1.165) is 12.8 Å². The molecule has 3 nitrogen and oxygen atoms in total. The minimum absolute atomic E-state index is 0.0312. The Labute approximate surface area is 66.4 Å². The average Bonchev–Trinajstić information content (AvgIpc) is 2.05. The van der Waals surface area contributed by atoms with E-state index >= 15 is 0 Å². The smallest absolute Gasteiger partial charge is 0.164 e. The summed E-state index contributed by atoms with van der Waals surface area (Å²) in [6.07, 6.45) is 0.728. The average molecular weight is 158 g/mol. The highest BCUT2D eigenvalue weighted by Crippen LogP contribution is 2.16. The summed E-state index contributed by atoms with van der Waals surface area (Å²) in [7, 11) is 0. The molecule has 1 aliphatic rings. The summed E-state index contributed by atoms with van der Waals surface area (Å²) in [5, 5.41) is 8.98. The van der Waals surface area contributed by atoms with E-state index in [4.69, 9.17) is 9.84 Å². The topological polar surface area (TPSA) is 46.5 Å². The van der Waals surface area contributed by atoms with Crippen LogP contribution >= 0.6 is 0 Å². The number of rotatable bonds is 2. The molecule has 1 aliphatic heterocycles. The number of Topliss-reactive ketones (excluding diaryl/α,β-unsaturated/α-hetero) is 1. The second-order valence-electron chi connectivity index (χ2n) is 2.96. The molecule has 1 fully saturated rings. The first kappa shape index (κ1) is 8.68. The summed E-state index contributed by atoms with van der Waals surface area (Å²) in [4.78, 5) is 11.2. The molecule has 0 aliphatic carbocycles. The van der Waals surface area contributed by atoms with Crippen LogP contribution in [-0.2, 0) is 9.53 Å². The molecule has 0 saturated carbocycles. The van der Waals surface area contributed by atoms with Gasteiger partial charge in [-0.2, -0.15) is 0 Å².